The molecule has 0 aliphatic rings. The second-order valence-corrected chi connectivity index (χ2v) is 4.21. The number of hydrogen-bond donors (Lipinski definition) is 1. The molecule has 0 saturated heterocycles. The van der Waals surface area contributed by atoms with Gasteiger partial charge in [-0.3, -0.25) is 5.10 Å². The molecular formula is C14H11N5. The van der Waals surface area contributed by atoms with E-state index in [9.17, 15) is 0 Å². The number of hydrogen-bond acceptors (Lipinski definition) is 4. The van der Waals surface area contributed by atoms with Gasteiger partial charge in [0.1, 0.15) is 11.2 Å². The molecule has 0 saturated carbocycles. The van der Waals surface area contributed by atoms with Gasteiger partial charge < -0.3 is 0 Å². The summed E-state index contributed by atoms with van der Waals surface area (Å²) < 4.78 is 0. The van der Waals surface area contributed by atoms with Gasteiger partial charge in [0, 0.05) is 5.56 Å². The van der Waals surface area contributed by atoms with Crippen molar-refractivity contribution >= 4 is 11.0 Å². The Morgan fingerprint density at radius 3 is 2.68 bits per heavy atom. The van der Waals surface area contributed by atoms with Crippen LogP contribution in [0.1, 0.15) is 18.2 Å². The summed E-state index contributed by atoms with van der Waals surface area (Å²) in [5.41, 5.74) is 4.87. The normalized spacial score (nSPS) is 10.5. The molecule has 0 unspecified atom stereocenters. The van der Waals surface area contributed by atoms with Crippen LogP contribution in [0.2, 0.25) is 0 Å². The fourth-order valence-electron chi connectivity index (χ4n) is 1.94. The molecule has 1 N–H and O–H groups in total. The molecule has 0 radical (unpaired) electrons. The van der Waals surface area contributed by atoms with Gasteiger partial charge >= 0.3 is 0 Å². The van der Waals surface area contributed by atoms with Crippen LogP contribution >= 0.6 is 0 Å². The summed E-state index contributed by atoms with van der Waals surface area (Å²) in [7, 11) is 0. The Morgan fingerprint density at radius 2 is 2.00 bits per heavy atom. The maximum atomic E-state index is 8.79. The minimum Gasteiger partial charge on any atom is -0.275 e. The number of H-pyrrole nitrogens is 1. The van der Waals surface area contributed by atoms with Crippen molar-refractivity contribution in [2.75, 3.05) is 0 Å². The van der Waals surface area contributed by atoms with Crippen LogP contribution in [0.5, 0.6) is 0 Å². The number of nitriles is 1. The first-order chi connectivity index (χ1) is 9.31. The summed E-state index contributed by atoms with van der Waals surface area (Å²) in [5.74, 6) is 0. The molecule has 92 valence electrons. The van der Waals surface area contributed by atoms with Gasteiger partial charge in [-0.1, -0.05) is 19.1 Å². The van der Waals surface area contributed by atoms with Crippen molar-refractivity contribution in [2.24, 2.45) is 0 Å². The fourth-order valence-corrected chi connectivity index (χ4v) is 1.94. The summed E-state index contributed by atoms with van der Waals surface area (Å²) in [6, 6.07) is 11.3. The minimum absolute atomic E-state index is 0.628. The molecule has 0 amide bonds. The van der Waals surface area contributed by atoms with E-state index >= 15 is 0 Å². The molecule has 0 fully saturated rings. The number of aromatic nitrogens is 4. The Morgan fingerprint density at radius 1 is 1.21 bits per heavy atom. The van der Waals surface area contributed by atoms with E-state index in [-0.39, 0.29) is 0 Å². The molecule has 0 bridgehead atoms. The first kappa shape index (κ1) is 11.4. The van der Waals surface area contributed by atoms with Crippen molar-refractivity contribution in [3.8, 4) is 17.3 Å². The van der Waals surface area contributed by atoms with Crippen LogP contribution in [0.15, 0.2) is 30.3 Å². The number of aromatic amines is 1. The molecule has 0 aliphatic carbocycles. The van der Waals surface area contributed by atoms with E-state index < -0.39 is 0 Å². The predicted molar refractivity (Wildman–Crippen MR) is 71.2 cm³/mol. The van der Waals surface area contributed by atoms with Crippen LogP contribution in [0, 0.1) is 11.3 Å². The highest BCUT2D eigenvalue weighted by Gasteiger charge is 2.10. The summed E-state index contributed by atoms with van der Waals surface area (Å²) >= 11 is 0. The largest absolute Gasteiger partial charge is 0.275 e. The quantitative estimate of drug-likeness (QED) is 0.756. The lowest BCUT2D eigenvalue weighted by molar-refractivity contribution is 0.944. The minimum atomic E-state index is 0.628. The van der Waals surface area contributed by atoms with Gasteiger partial charge in [-0.2, -0.15) is 15.5 Å². The molecule has 2 heterocycles. The Balaban J connectivity index is 2.12. The van der Waals surface area contributed by atoms with Crippen LogP contribution in [-0.2, 0) is 6.42 Å². The van der Waals surface area contributed by atoms with Gasteiger partial charge in [-0.05, 0) is 24.6 Å². The van der Waals surface area contributed by atoms with Crippen molar-refractivity contribution in [1.82, 2.24) is 20.4 Å². The average molecular weight is 249 g/mol. The standard InChI is InChI=1S/C14H11N5/c1-2-11-7-12-14(19-16-11)13(18-17-12)10-5-3-9(8-15)4-6-10/h3-7H,2H2,1H3,(H,17,18). The topological polar surface area (TPSA) is 78.2 Å². The highest BCUT2D eigenvalue weighted by molar-refractivity contribution is 5.89. The maximum Gasteiger partial charge on any atom is 0.139 e. The highest BCUT2D eigenvalue weighted by atomic mass is 15.2. The third-order valence-electron chi connectivity index (χ3n) is 3.01. The Hall–Kier alpha value is -2.74. The van der Waals surface area contributed by atoms with Crippen molar-refractivity contribution in [3.05, 3.63) is 41.6 Å². The second kappa shape index (κ2) is 4.50. The second-order valence-electron chi connectivity index (χ2n) is 4.21. The van der Waals surface area contributed by atoms with E-state index in [1.54, 1.807) is 12.1 Å². The Kier molecular flexibility index (Phi) is 2.69. The number of fused-ring (bicyclic) bond motifs is 1. The van der Waals surface area contributed by atoms with Crippen molar-refractivity contribution < 1.29 is 0 Å². The lowest BCUT2D eigenvalue weighted by Crippen LogP contribution is -1.90. The van der Waals surface area contributed by atoms with Crippen molar-refractivity contribution in [3.63, 3.8) is 0 Å². The molecule has 19 heavy (non-hydrogen) atoms. The first-order valence-corrected chi connectivity index (χ1v) is 6.03. The smallest absolute Gasteiger partial charge is 0.139 e. The van der Waals surface area contributed by atoms with E-state index in [1.165, 1.54) is 0 Å². The number of aryl methyl sites for hydroxylation is 1. The summed E-state index contributed by atoms with van der Waals surface area (Å²) in [5, 5.41) is 24.4. The summed E-state index contributed by atoms with van der Waals surface area (Å²) in [6.45, 7) is 2.04. The molecule has 3 aromatic rings. The van der Waals surface area contributed by atoms with Crippen LogP contribution in [0.4, 0.5) is 0 Å². The summed E-state index contributed by atoms with van der Waals surface area (Å²) in [4.78, 5) is 0. The zero-order valence-corrected chi connectivity index (χ0v) is 10.4. The van der Waals surface area contributed by atoms with Crippen LogP contribution < -0.4 is 0 Å². The molecular weight excluding hydrogens is 238 g/mol. The first-order valence-electron chi connectivity index (χ1n) is 6.03. The predicted octanol–water partition coefficient (Wildman–Crippen LogP) is 2.45. The third kappa shape index (κ3) is 1.93. The number of nitrogens with zero attached hydrogens (tertiary/aromatic N) is 4. The monoisotopic (exact) mass is 249 g/mol. The maximum absolute atomic E-state index is 8.79. The van der Waals surface area contributed by atoms with E-state index in [0.29, 0.717) is 5.56 Å². The van der Waals surface area contributed by atoms with E-state index in [4.69, 9.17) is 5.26 Å². The van der Waals surface area contributed by atoms with Crippen LogP contribution in [0.3, 0.4) is 0 Å². The SMILES string of the molecule is CCc1cc2[nH]nc(-c3ccc(C#N)cc3)c2nn1. The highest BCUT2D eigenvalue weighted by Crippen LogP contribution is 2.24. The number of nitrogens with one attached hydrogen (secondary N) is 1. The molecule has 1 aromatic carbocycles. The molecule has 3 rings (SSSR count). The molecule has 5 nitrogen and oxygen atoms in total. The molecule has 0 spiro atoms. The van der Waals surface area contributed by atoms with Gasteiger partial charge in [-0.25, -0.2) is 0 Å². The van der Waals surface area contributed by atoms with Crippen molar-refractivity contribution in [1.29, 1.82) is 5.26 Å². The van der Waals surface area contributed by atoms with Gasteiger partial charge in [-0.15, -0.1) is 5.10 Å². The lowest BCUT2D eigenvalue weighted by atomic mass is 10.1. The van der Waals surface area contributed by atoms with Crippen LogP contribution in [-0.4, -0.2) is 20.4 Å². The number of benzene rings is 1. The zero-order valence-electron chi connectivity index (χ0n) is 10.4. The Labute approximate surface area is 109 Å². The molecule has 2 aromatic heterocycles. The molecule has 0 aliphatic heterocycles. The molecule has 5 heteroatoms. The van der Waals surface area contributed by atoms with E-state index in [0.717, 1.165) is 34.4 Å². The third-order valence-corrected chi connectivity index (χ3v) is 3.01. The number of rotatable bonds is 2. The lowest BCUT2D eigenvalue weighted by Gasteiger charge is -1.98. The Bertz CT molecular complexity index is 765. The van der Waals surface area contributed by atoms with Gasteiger partial charge in [0.15, 0.2) is 0 Å². The van der Waals surface area contributed by atoms with Gasteiger partial charge in [0.2, 0.25) is 0 Å². The summed E-state index contributed by atoms with van der Waals surface area (Å²) in [6.07, 6.45) is 0.841. The van der Waals surface area contributed by atoms with E-state index in [1.807, 2.05) is 25.1 Å². The average Bonchev–Trinajstić information content (AvgIpc) is 2.90. The fraction of sp³-hybridized carbons (Fsp3) is 0.143. The van der Waals surface area contributed by atoms with Crippen molar-refractivity contribution in [2.45, 2.75) is 13.3 Å². The zero-order chi connectivity index (χ0) is 13.2. The van der Waals surface area contributed by atoms with Crippen LogP contribution in [0.25, 0.3) is 22.3 Å². The van der Waals surface area contributed by atoms with Gasteiger partial charge in [0.05, 0.1) is 22.8 Å². The van der Waals surface area contributed by atoms with Gasteiger partial charge in [0.25, 0.3) is 0 Å². The molecule has 0 atom stereocenters. The van der Waals surface area contributed by atoms with E-state index in [2.05, 4.69) is 26.5 Å².